The molecule has 0 saturated heterocycles. The van der Waals surface area contributed by atoms with Gasteiger partial charge in [-0.2, -0.15) is 0 Å². The first kappa shape index (κ1) is 25.2. The number of likely N-dealkylation sites (N-methyl/N-ethyl adjacent to an activating group) is 1. The molecule has 2 unspecified atom stereocenters. The van der Waals surface area contributed by atoms with Crippen LogP contribution in [0.5, 0.6) is 0 Å². The highest BCUT2D eigenvalue weighted by Crippen LogP contribution is 2.19. The van der Waals surface area contributed by atoms with E-state index in [-0.39, 0.29) is 6.61 Å². The van der Waals surface area contributed by atoms with Crippen molar-refractivity contribution < 1.29 is 9.59 Å². The maximum atomic E-state index is 9.35. The molecule has 28 heavy (non-hydrogen) atoms. The summed E-state index contributed by atoms with van der Waals surface area (Å²) >= 11 is 0. The molecule has 3 nitrogen and oxygen atoms in total. The van der Waals surface area contributed by atoms with Gasteiger partial charge in [-0.05, 0) is 25.8 Å². The largest absolute Gasteiger partial charge is 0.390 e. The lowest BCUT2D eigenvalue weighted by Crippen LogP contribution is -2.53. The molecule has 1 rings (SSSR count). The lowest BCUT2D eigenvalue weighted by molar-refractivity contribution is -0.892. The summed E-state index contributed by atoms with van der Waals surface area (Å²) in [6.45, 7) is 6.52. The van der Waals surface area contributed by atoms with Crippen molar-refractivity contribution in [1.29, 1.82) is 0 Å². The predicted octanol–water partition coefficient (Wildman–Crippen LogP) is 6.64. The number of hydrogen-bond acceptors (Lipinski definition) is 2. The van der Waals surface area contributed by atoms with Gasteiger partial charge in [0.05, 0.1) is 19.4 Å². The first-order valence-electron chi connectivity index (χ1n) is 12.4. The molecule has 1 aliphatic rings. The summed E-state index contributed by atoms with van der Waals surface area (Å²) < 4.78 is 0.825. The fourth-order valence-electron chi connectivity index (χ4n) is 4.30. The van der Waals surface area contributed by atoms with Gasteiger partial charge in [0, 0.05) is 0 Å². The molecule has 1 aliphatic heterocycles. The summed E-state index contributed by atoms with van der Waals surface area (Å²) in [5.41, 5.74) is 0. The Morgan fingerprint density at radius 1 is 0.821 bits per heavy atom. The van der Waals surface area contributed by atoms with Crippen LogP contribution in [-0.4, -0.2) is 35.5 Å². The molecule has 0 amide bonds. The fraction of sp³-hybridized carbons (Fsp3) is 0.840. The number of rotatable bonds is 19. The molecule has 0 aromatic heterocycles. The van der Waals surface area contributed by atoms with E-state index in [1.807, 2.05) is 6.20 Å². The van der Waals surface area contributed by atoms with Crippen LogP contribution in [0.25, 0.3) is 0 Å². The van der Waals surface area contributed by atoms with Gasteiger partial charge in [-0.15, -0.1) is 0 Å². The summed E-state index contributed by atoms with van der Waals surface area (Å²) in [6, 6.07) is 0. The van der Waals surface area contributed by atoms with Crippen LogP contribution in [0, 0.1) is 0 Å². The highest BCUT2D eigenvalue weighted by atomic mass is 16.3. The molecule has 0 aromatic carbocycles. The van der Waals surface area contributed by atoms with Crippen LogP contribution in [-0.2, 0) is 0 Å². The molecule has 2 atom stereocenters. The average Bonchev–Trinajstić information content (AvgIpc) is 3.11. The molecule has 2 N–H and O–H groups in total. The van der Waals surface area contributed by atoms with E-state index in [1.54, 1.807) is 0 Å². The van der Waals surface area contributed by atoms with Gasteiger partial charge in [-0.3, -0.25) is 4.48 Å². The molecule has 164 valence electrons. The second-order valence-corrected chi connectivity index (χ2v) is 8.61. The lowest BCUT2D eigenvalue weighted by atomic mass is 10.0. The van der Waals surface area contributed by atoms with Crippen molar-refractivity contribution in [2.24, 2.45) is 0 Å². The average molecular weight is 394 g/mol. The number of unbranched alkanes of at least 4 members (excludes halogenated alkanes) is 14. The van der Waals surface area contributed by atoms with E-state index >= 15 is 0 Å². The number of hydrogen-bond donors (Lipinski definition) is 2. The molecular weight excluding hydrogens is 344 g/mol. The van der Waals surface area contributed by atoms with E-state index in [0.29, 0.717) is 6.17 Å². The maximum Gasteiger partial charge on any atom is 0.185 e. The van der Waals surface area contributed by atoms with Crippen molar-refractivity contribution in [1.82, 2.24) is 5.32 Å². The SMILES string of the molecule is CCCCCCCCCCCCCCCC/C=C/C1NC=C[N+]1(CC)CCO. The first-order valence-corrected chi connectivity index (χ1v) is 12.4. The van der Waals surface area contributed by atoms with Crippen LogP contribution in [0.4, 0.5) is 0 Å². The third-order valence-corrected chi connectivity index (χ3v) is 6.34. The minimum Gasteiger partial charge on any atom is -0.390 e. The van der Waals surface area contributed by atoms with Crippen molar-refractivity contribution >= 4 is 0 Å². The van der Waals surface area contributed by atoms with Crippen LogP contribution in [0.3, 0.4) is 0 Å². The molecular formula is C25H49N2O+. The predicted molar refractivity (Wildman–Crippen MR) is 123 cm³/mol. The minimum atomic E-state index is 0.239. The Balaban J connectivity index is 1.91. The maximum absolute atomic E-state index is 9.35. The number of nitrogens with one attached hydrogen (secondary N) is 1. The quantitative estimate of drug-likeness (QED) is 0.146. The van der Waals surface area contributed by atoms with E-state index in [9.17, 15) is 5.11 Å². The molecule has 0 aromatic rings. The number of aliphatic hydroxyl groups excluding tert-OH is 1. The Hall–Kier alpha value is -0.800. The monoisotopic (exact) mass is 393 g/mol. The van der Waals surface area contributed by atoms with Crippen LogP contribution < -0.4 is 5.32 Å². The topological polar surface area (TPSA) is 32.3 Å². The van der Waals surface area contributed by atoms with Gasteiger partial charge in [0.2, 0.25) is 0 Å². The summed E-state index contributed by atoms with van der Waals surface area (Å²) in [7, 11) is 0. The zero-order chi connectivity index (χ0) is 20.3. The van der Waals surface area contributed by atoms with E-state index in [0.717, 1.165) is 17.6 Å². The highest BCUT2D eigenvalue weighted by molar-refractivity contribution is 4.97. The van der Waals surface area contributed by atoms with Gasteiger partial charge in [0.15, 0.2) is 6.17 Å². The Bertz CT molecular complexity index is 407. The first-order chi connectivity index (χ1) is 13.8. The third kappa shape index (κ3) is 10.7. The van der Waals surface area contributed by atoms with Gasteiger partial charge in [0.1, 0.15) is 12.7 Å². The molecule has 0 spiro atoms. The lowest BCUT2D eigenvalue weighted by Gasteiger charge is -2.34. The van der Waals surface area contributed by atoms with E-state index < -0.39 is 0 Å². The van der Waals surface area contributed by atoms with Crippen LogP contribution in [0.1, 0.15) is 110 Å². The Kier molecular flexibility index (Phi) is 15.4. The van der Waals surface area contributed by atoms with Crippen molar-refractivity contribution in [2.45, 2.75) is 116 Å². The van der Waals surface area contributed by atoms with E-state index in [4.69, 9.17) is 0 Å². The molecule has 0 aliphatic carbocycles. The van der Waals surface area contributed by atoms with Crippen LogP contribution >= 0.6 is 0 Å². The van der Waals surface area contributed by atoms with Crippen LogP contribution in [0.2, 0.25) is 0 Å². The van der Waals surface area contributed by atoms with Crippen molar-refractivity contribution in [3.63, 3.8) is 0 Å². The summed E-state index contributed by atoms with van der Waals surface area (Å²) in [6.07, 6.45) is 30.2. The second-order valence-electron chi connectivity index (χ2n) is 8.61. The van der Waals surface area contributed by atoms with Gasteiger partial charge in [-0.1, -0.05) is 96.5 Å². The van der Waals surface area contributed by atoms with E-state index in [1.165, 1.54) is 96.3 Å². The highest BCUT2D eigenvalue weighted by Gasteiger charge is 2.34. The normalized spacial score (nSPS) is 21.6. The molecule has 3 heteroatoms. The van der Waals surface area contributed by atoms with Gasteiger partial charge in [0.25, 0.3) is 0 Å². The summed E-state index contributed by atoms with van der Waals surface area (Å²) in [4.78, 5) is 0. The van der Waals surface area contributed by atoms with Crippen molar-refractivity contribution in [3.05, 3.63) is 24.6 Å². The van der Waals surface area contributed by atoms with Crippen molar-refractivity contribution in [3.8, 4) is 0 Å². The van der Waals surface area contributed by atoms with Gasteiger partial charge in [-0.25, -0.2) is 0 Å². The van der Waals surface area contributed by atoms with E-state index in [2.05, 4.69) is 37.5 Å². The standard InChI is InChI=1S/C25H49N2O/c1-3-5-6-7-8-9-10-11-12-13-14-15-16-17-18-19-20-25-26-21-22-27(25,4-2)23-24-28/h19-22,25-26,28H,3-18,23-24H2,1-2H3/q+1/b20-19+. The number of aliphatic hydroxyl groups is 1. The zero-order valence-electron chi connectivity index (χ0n) is 19.0. The zero-order valence-corrected chi connectivity index (χ0v) is 19.0. The Labute approximate surface area is 175 Å². The number of quaternary nitrogens is 1. The summed E-state index contributed by atoms with van der Waals surface area (Å²) in [5, 5.41) is 12.8. The second kappa shape index (κ2) is 17.1. The third-order valence-electron chi connectivity index (χ3n) is 6.34. The Morgan fingerprint density at radius 2 is 1.36 bits per heavy atom. The molecule has 0 bridgehead atoms. The Morgan fingerprint density at radius 3 is 1.86 bits per heavy atom. The van der Waals surface area contributed by atoms with Crippen LogP contribution in [0.15, 0.2) is 24.6 Å². The smallest absolute Gasteiger partial charge is 0.185 e. The summed E-state index contributed by atoms with van der Waals surface area (Å²) in [5.74, 6) is 0. The molecule has 1 heterocycles. The number of allylic oxidation sites excluding steroid dienone is 1. The van der Waals surface area contributed by atoms with Gasteiger partial charge < -0.3 is 10.4 Å². The minimum absolute atomic E-state index is 0.239. The van der Waals surface area contributed by atoms with Crippen molar-refractivity contribution in [2.75, 3.05) is 19.7 Å². The molecule has 0 fully saturated rings. The molecule has 0 saturated carbocycles. The van der Waals surface area contributed by atoms with Gasteiger partial charge >= 0.3 is 0 Å². The molecule has 0 radical (unpaired) electrons. The fourth-order valence-corrected chi connectivity index (χ4v) is 4.30. The number of nitrogens with zero attached hydrogens (tertiary/aromatic N) is 1.